The molecule has 6 heteroatoms. The van der Waals surface area contributed by atoms with E-state index in [9.17, 15) is 0 Å². The Hall–Kier alpha value is -1.31. The molecule has 0 saturated carbocycles. The van der Waals surface area contributed by atoms with Crippen molar-refractivity contribution < 1.29 is 0 Å². The van der Waals surface area contributed by atoms with Crippen molar-refractivity contribution in [2.45, 2.75) is 26.7 Å². The zero-order valence-electron chi connectivity index (χ0n) is 11.0. The summed E-state index contributed by atoms with van der Waals surface area (Å²) in [5.41, 5.74) is 1.74. The summed E-state index contributed by atoms with van der Waals surface area (Å²) in [6.45, 7) is 5.12. The van der Waals surface area contributed by atoms with Gasteiger partial charge in [-0.1, -0.05) is 13.8 Å². The van der Waals surface area contributed by atoms with Crippen LogP contribution < -0.4 is 5.32 Å². The molecule has 2 rings (SSSR count). The van der Waals surface area contributed by atoms with Gasteiger partial charge in [0.2, 0.25) is 0 Å². The van der Waals surface area contributed by atoms with E-state index in [1.807, 2.05) is 0 Å². The second kappa shape index (κ2) is 6.74. The zero-order chi connectivity index (χ0) is 13.7. The van der Waals surface area contributed by atoms with E-state index in [-0.39, 0.29) is 0 Å². The average Bonchev–Trinajstić information content (AvgIpc) is 2.47. The highest BCUT2D eigenvalue weighted by atomic mass is 127. The highest BCUT2D eigenvalue weighted by molar-refractivity contribution is 14.1. The van der Waals surface area contributed by atoms with E-state index in [1.165, 1.54) is 0 Å². The summed E-state index contributed by atoms with van der Waals surface area (Å²) < 4.78 is 1.08. The number of hydrogen-bond donors (Lipinski definition) is 1. The maximum atomic E-state index is 4.57. The lowest BCUT2D eigenvalue weighted by molar-refractivity contribution is 0.939. The smallest absolute Gasteiger partial charge is 0.182 e. The molecular formula is C13H16IN5. The molecule has 0 aliphatic heterocycles. The Morgan fingerprint density at radius 3 is 2.68 bits per heavy atom. The Kier molecular flexibility index (Phi) is 5.00. The fourth-order valence-electron chi connectivity index (χ4n) is 1.62. The second-order valence-electron chi connectivity index (χ2n) is 4.03. The van der Waals surface area contributed by atoms with Crippen LogP contribution in [0.1, 0.15) is 26.0 Å². The normalized spacial score (nSPS) is 10.5. The number of rotatable bonds is 5. The molecule has 0 aliphatic rings. The van der Waals surface area contributed by atoms with Gasteiger partial charge in [0.15, 0.2) is 5.82 Å². The minimum absolute atomic E-state index is 0.629. The van der Waals surface area contributed by atoms with Crippen LogP contribution in [-0.4, -0.2) is 26.5 Å². The molecule has 0 atom stereocenters. The molecule has 0 unspecified atom stereocenters. The summed E-state index contributed by atoms with van der Waals surface area (Å²) in [5, 5.41) is 3.34. The van der Waals surface area contributed by atoms with Crippen molar-refractivity contribution in [3.63, 3.8) is 0 Å². The molecule has 0 aliphatic carbocycles. The van der Waals surface area contributed by atoms with E-state index < -0.39 is 0 Å². The van der Waals surface area contributed by atoms with Crippen LogP contribution in [-0.2, 0) is 6.42 Å². The van der Waals surface area contributed by atoms with Gasteiger partial charge in [0.05, 0.1) is 15.5 Å². The molecule has 0 saturated heterocycles. The molecule has 0 aromatic carbocycles. The molecule has 0 amide bonds. The van der Waals surface area contributed by atoms with E-state index in [0.29, 0.717) is 11.5 Å². The molecule has 19 heavy (non-hydrogen) atoms. The van der Waals surface area contributed by atoms with Gasteiger partial charge < -0.3 is 5.32 Å². The van der Waals surface area contributed by atoms with Gasteiger partial charge in [-0.3, -0.25) is 4.98 Å². The van der Waals surface area contributed by atoms with Crippen LogP contribution in [0.3, 0.4) is 0 Å². The third-order valence-electron chi connectivity index (χ3n) is 2.59. The Bertz CT molecular complexity index is 544. The summed E-state index contributed by atoms with van der Waals surface area (Å²) in [6, 6.07) is 0. The van der Waals surface area contributed by atoms with Crippen LogP contribution >= 0.6 is 22.6 Å². The van der Waals surface area contributed by atoms with Gasteiger partial charge in [0.1, 0.15) is 11.5 Å². The lowest BCUT2D eigenvalue weighted by Gasteiger charge is -2.11. The van der Waals surface area contributed by atoms with Crippen LogP contribution in [0.5, 0.6) is 0 Å². The predicted octanol–water partition coefficient (Wildman–Crippen LogP) is 2.92. The Morgan fingerprint density at radius 1 is 1.21 bits per heavy atom. The Balaban J connectivity index is 2.45. The number of hydrogen-bond acceptors (Lipinski definition) is 5. The first kappa shape index (κ1) is 14.1. The number of nitrogens with zero attached hydrogens (tertiary/aromatic N) is 4. The fourth-order valence-corrected chi connectivity index (χ4v) is 2.43. The number of aryl methyl sites for hydroxylation is 1. The maximum Gasteiger partial charge on any atom is 0.182 e. The van der Waals surface area contributed by atoms with Crippen LogP contribution in [0, 0.1) is 3.57 Å². The molecule has 0 radical (unpaired) electrons. The third-order valence-corrected chi connectivity index (χ3v) is 3.72. The van der Waals surface area contributed by atoms with Crippen molar-refractivity contribution in [3.8, 4) is 11.5 Å². The van der Waals surface area contributed by atoms with Crippen LogP contribution in [0.2, 0.25) is 0 Å². The largest absolute Gasteiger partial charge is 0.369 e. The summed E-state index contributed by atoms with van der Waals surface area (Å²) in [4.78, 5) is 17.4. The van der Waals surface area contributed by atoms with Crippen LogP contribution in [0.25, 0.3) is 11.5 Å². The standard InChI is InChI=1S/C13H16IN5/c1-3-5-17-13-11(14)9(4-2)18-12(19-13)10-8-15-6-7-16-10/h6-8H,3-5H2,1-2H3,(H,17,18,19). The quantitative estimate of drug-likeness (QED) is 0.822. The predicted molar refractivity (Wildman–Crippen MR) is 83.9 cm³/mol. The third kappa shape index (κ3) is 3.37. The number of nitrogens with one attached hydrogen (secondary N) is 1. The molecular weight excluding hydrogens is 353 g/mol. The molecule has 0 bridgehead atoms. The SMILES string of the molecule is CCCNc1nc(-c2cnccn2)nc(CC)c1I. The van der Waals surface area contributed by atoms with E-state index in [1.54, 1.807) is 18.6 Å². The van der Waals surface area contributed by atoms with Crippen molar-refractivity contribution in [3.05, 3.63) is 27.9 Å². The second-order valence-corrected chi connectivity index (χ2v) is 5.11. The first-order valence-corrected chi connectivity index (χ1v) is 7.40. The van der Waals surface area contributed by atoms with E-state index in [4.69, 9.17) is 0 Å². The monoisotopic (exact) mass is 369 g/mol. The van der Waals surface area contributed by atoms with Gasteiger partial charge in [0.25, 0.3) is 0 Å². The summed E-state index contributed by atoms with van der Waals surface area (Å²) >= 11 is 2.29. The summed E-state index contributed by atoms with van der Waals surface area (Å²) in [7, 11) is 0. The van der Waals surface area contributed by atoms with E-state index >= 15 is 0 Å². The van der Waals surface area contributed by atoms with Gasteiger partial charge >= 0.3 is 0 Å². The molecule has 2 aromatic heterocycles. The van der Waals surface area contributed by atoms with Crippen LogP contribution in [0.15, 0.2) is 18.6 Å². The molecule has 100 valence electrons. The Morgan fingerprint density at radius 2 is 2.05 bits per heavy atom. The van der Waals surface area contributed by atoms with Gasteiger partial charge in [-0.05, 0) is 35.4 Å². The van der Waals surface area contributed by atoms with Gasteiger partial charge in [0, 0.05) is 18.9 Å². The molecule has 1 N–H and O–H groups in total. The number of halogens is 1. The Labute approximate surface area is 126 Å². The van der Waals surface area contributed by atoms with Gasteiger partial charge in [-0.15, -0.1) is 0 Å². The topological polar surface area (TPSA) is 63.6 Å². The van der Waals surface area contributed by atoms with E-state index in [2.05, 4.69) is 61.7 Å². The molecule has 0 spiro atoms. The van der Waals surface area contributed by atoms with Crippen molar-refractivity contribution in [2.24, 2.45) is 0 Å². The summed E-state index contributed by atoms with van der Waals surface area (Å²) in [6.07, 6.45) is 6.91. The lowest BCUT2D eigenvalue weighted by Crippen LogP contribution is -2.09. The first-order valence-electron chi connectivity index (χ1n) is 6.32. The molecule has 0 fully saturated rings. The first-order chi connectivity index (χ1) is 9.26. The highest BCUT2D eigenvalue weighted by Gasteiger charge is 2.12. The zero-order valence-corrected chi connectivity index (χ0v) is 13.2. The van der Waals surface area contributed by atoms with Gasteiger partial charge in [-0.25, -0.2) is 15.0 Å². The molecule has 2 aromatic rings. The van der Waals surface area contributed by atoms with Crippen molar-refractivity contribution in [2.75, 3.05) is 11.9 Å². The van der Waals surface area contributed by atoms with Crippen molar-refractivity contribution in [1.82, 2.24) is 19.9 Å². The minimum atomic E-state index is 0.629. The van der Waals surface area contributed by atoms with E-state index in [0.717, 1.165) is 34.5 Å². The van der Waals surface area contributed by atoms with Crippen molar-refractivity contribution in [1.29, 1.82) is 0 Å². The number of anilines is 1. The molecule has 2 heterocycles. The fraction of sp³-hybridized carbons (Fsp3) is 0.385. The molecule has 5 nitrogen and oxygen atoms in total. The van der Waals surface area contributed by atoms with Crippen LogP contribution in [0.4, 0.5) is 5.82 Å². The highest BCUT2D eigenvalue weighted by Crippen LogP contribution is 2.23. The number of aromatic nitrogens is 4. The summed E-state index contributed by atoms with van der Waals surface area (Å²) in [5.74, 6) is 1.51. The maximum absolute atomic E-state index is 4.57. The average molecular weight is 369 g/mol. The van der Waals surface area contributed by atoms with Gasteiger partial charge in [-0.2, -0.15) is 0 Å². The van der Waals surface area contributed by atoms with Crippen molar-refractivity contribution >= 4 is 28.4 Å². The lowest BCUT2D eigenvalue weighted by atomic mass is 10.3. The minimum Gasteiger partial charge on any atom is -0.369 e.